The topological polar surface area (TPSA) is 71.5 Å². The van der Waals surface area contributed by atoms with Gasteiger partial charge in [0.2, 0.25) is 5.91 Å². The zero-order valence-electron chi connectivity index (χ0n) is 11.1. The summed E-state index contributed by atoms with van der Waals surface area (Å²) in [5.74, 6) is -0.498. The van der Waals surface area contributed by atoms with Crippen LogP contribution in [0.15, 0.2) is 18.5 Å². The van der Waals surface area contributed by atoms with Crippen molar-refractivity contribution in [1.29, 1.82) is 0 Å². The van der Waals surface area contributed by atoms with Gasteiger partial charge in [0.15, 0.2) is 0 Å². The second-order valence-electron chi connectivity index (χ2n) is 4.34. The van der Waals surface area contributed by atoms with E-state index in [4.69, 9.17) is 16.3 Å². The molecule has 2 rings (SSSR count). The minimum absolute atomic E-state index is 0.195. The number of hydrogen-bond acceptors (Lipinski definition) is 4. The fourth-order valence-electron chi connectivity index (χ4n) is 2.06. The van der Waals surface area contributed by atoms with Gasteiger partial charge >= 0.3 is 0 Å². The first-order chi connectivity index (χ1) is 9.65. The molecule has 20 heavy (non-hydrogen) atoms. The molecule has 1 N–H and O–H groups in total. The molecule has 108 valence electrons. The number of amides is 2. The van der Waals surface area contributed by atoms with Crippen LogP contribution in [0.4, 0.5) is 0 Å². The normalized spacial score (nSPS) is 18.7. The van der Waals surface area contributed by atoms with Crippen LogP contribution in [0.3, 0.4) is 0 Å². The van der Waals surface area contributed by atoms with Gasteiger partial charge in [-0.05, 0) is 13.0 Å². The van der Waals surface area contributed by atoms with E-state index >= 15 is 0 Å². The van der Waals surface area contributed by atoms with Gasteiger partial charge in [0.1, 0.15) is 6.04 Å². The van der Waals surface area contributed by atoms with E-state index in [1.807, 2.05) is 6.92 Å². The quantitative estimate of drug-likeness (QED) is 0.892. The Bertz CT molecular complexity index is 509. The highest BCUT2D eigenvalue weighted by Gasteiger charge is 2.33. The van der Waals surface area contributed by atoms with Crippen molar-refractivity contribution in [3.63, 3.8) is 0 Å². The maximum absolute atomic E-state index is 12.5. The molecule has 0 radical (unpaired) electrons. The van der Waals surface area contributed by atoms with E-state index in [2.05, 4.69) is 10.3 Å². The summed E-state index contributed by atoms with van der Waals surface area (Å²) < 4.78 is 5.30. The monoisotopic (exact) mass is 297 g/mol. The standard InChI is InChI=1S/C13H16ClN3O3/c1-2-16-12(18)11-8-20-6-5-17(11)13(19)9-3-4-15-7-10(9)14/h3-4,7,11H,2,5-6,8H2,1H3,(H,16,18). The molecule has 6 nitrogen and oxygen atoms in total. The molecular weight excluding hydrogens is 282 g/mol. The third-order valence-corrected chi connectivity index (χ3v) is 3.35. The second kappa shape index (κ2) is 6.67. The third kappa shape index (κ3) is 3.08. The highest BCUT2D eigenvalue weighted by molar-refractivity contribution is 6.33. The van der Waals surface area contributed by atoms with Crippen LogP contribution in [0.2, 0.25) is 5.02 Å². The number of carbonyl (C=O) groups is 2. The van der Waals surface area contributed by atoms with E-state index < -0.39 is 6.04 Å². The van der Waals surface area contributed by atoms with Crippen molar-refractivity contribution in [3.05, 3.63) is 29.0 Å². The lowest BCUT2D eigenvalue weighted by molar-refractivity contribution is -0.130. The zero-order chi connectivity index (χ0) is 14.5. The van der Waals surface area contributed by atoms with Gasteiger partial charge in [-0.3, -0.25) is 14.6 Å². The predicted molar refractivity (Wildman–Crippen MR) is 73.6 cm³/mol. The van der Waals surface area contributed by atoms with Crippen molar-refractivity contribution < 1.29 is 14.3 Å². The fourth-order valence-corrected chi connectivity index (χ4v) is 2.26. The average molecular weight is 298 g/mol. The smallest absolute Gasteiger partial charge is 0.256 e. The number of hydrogen-bond donors (Lipinski definition) is 1. The lowest BCUT2D eigenvalue weighted by Crippen LogP contribution is -2.55. The van der Waals surface area contributed by atoms with Crippen LogP contribution in [0.25, 0.3) is 0 Å². The van der Waals surface area contributed by atoms with Crippen LogP contribution < -0.4 is 5.32 Å². The molecule has 1 unspecified atom stereocenters. The molecular formula is C13H16ClN3O3. The van der Waals surface area contributed by atoms with E-state index in [9.17, 15) is 9.59 Å². The molecule has 0 bridgehead atoms. The Labute approximate surface area is 122 Å². The number of aromatic nitrogens is 1. The van der Waals surface area contributed by atoms with Crippen LogP contribution in [0.5, 0.6) is 0 Å². The van der Waals surface area contributed by atoms with Crippen molar-refractivity contribution in [3.8, 4) is 0 Å². The molecule has 1 aliphatic heterocycles. The summed E-state index contributed by atoms with van der Waals surface area (Å²) in [5, 5.41) is 2.98. The summed E-state index contributed by atoms with van der Waals surface area (Å²) in [6.45, 7) is 3.30. The fraction of sp³-hybridized carbons (Fsp3) is 0.462. The van der Waals surface area contributed by atoms with E-state index in [1.54, 1.807) is 6.07 Å². The summed E-state index contributed by atoms with van der Waals surface area (Å²) in [7, 11) is 0. The van der Waals surface area contributed by atoms with Crippen LogP contribution >= 0.6 is 11.6 Å². The molecule has 1 aromatic rings. The molecule has 0 spiro atoms. The minimum atomic E-state index is -0.625. The highest BCUT2D eigenvalue weighted by Crippen LogP contribution is 2.19. The molecule has 1 atom stereocenters. The zero-order valence-corrected chi connectivity index (χ0v) is 11.9. The summed E-state index contributed by atoms with van der Waals surface area (Å²) in [5.41, 5.74) is 0.345. The van der Waals surface area contributed by atoms with E-state index in [0.29, 0.717) is 25.3 Å². The molecule has 7 heteroatoms. The number of halogens is 1. The van der Waals surface area contributed by atoms with Gasteiger partial charge in [-0.15, -0.1) is 0 Å². The average Bonchev–Trinajstić information content (AvgIpc) is 2.47. The van der Waals surface area contributed by atoms with Crippen LogP contribution in [0, 0.1) is 0 Å². The van der Waals surface area contributed by atoms with Gasteiger partial charge in [0.05, 0.1) is 23.8 Å². The Morgan fingerprint density at radius 2 is 2.40 bits per heavy atom. The Balaban J connectivity index is 2.22. The number of pyridine rings is 1. The van der Waals surface area contributed by atoms with Crippen molar-refractivity contribution in [1.82, 2.24) is 15.2 Å². The molecule has 0 aromatic carbocycles. The Morgan fingerprint density at radius 3 is 3.10 bits per heavy atom. The first-order valence-corrected chi connectivity index (χ1v) is 6.79. The predicted octanol–water partition coefficient (Wildman–Crippen LogP) is 0.712. The molecule has 1 aliphatic rings. The first-order valence-electron chi connectivity index (χ1n) is 6.41. The maximum Gasteiger partial charge on any atom is 0.256 e. The third-order valence-electron chi connectivity index (χ3n) is 3.05. The SMILES string of the molecule is CCNC(=O)C1COCCN1C(=O)c1ccncc1Cl. The lowest BCUT2D eigenvalue weighted by atomic mass is 10.1. The Kier molecular flexibility index (Phi) is 4.92. The number of likely N-dealkylation sites (N-methyl/N-ethyl adjacent to an activating group) is 1. The summed E-state index contributed by atoms with van der Waals surface area (Å²) in [6.07, 6.45) is 2.91. The minimum Gasteiger partial charge on any atom is -0.377 e. The van der Waals surface area contributed by atoms with E-state index in [1.165, 1.54) is 17.3 Å². The summed E-state index contributed by atoms with van der Waals surface area (Å²) >= 11 is 5.98. The number of carbonyl (C=O) groups excluding carboxylic acids is 2. The summed E-state index contributed by atoms with van der Waals surface area (Å²) in [4.78, 5) is 29.9. The molecule has 1 saturated heterocycles. The van der Waals surface area contributed by atoms with Crippen molar-refractivity contribution in [2.75, 3.05) is 26.3 Å². The van der Waals surface area contributed by atoms with Crippen molar-refractivity contribution in [2.24, 2.45) is 0 Å². The van der Waals surface area contributed by atoms with Crippen LogP contribution in [0.1, 0.15) is 17.3 Å². The van der Waals surface area contributed by atoms with Gasteiger partial charge in [0, 0.05) is 25.5 Å². The number of morpholine rings is 1. The van der Waals surface area contributed by atoms with Gasteiger partial charge in [-0.1, -0.05) is 11.6 Å². The first kappa shape index (κ1) is 14.7. The maximum atomic E-state index is 12.5. The van der Waals surface area contributed by atoms with Gasteiger partial charge in [0.25, 0.3) is 5.91 Å². The number of nitrogens with zero attached hydrogens (tertiary/aromatic N) is 2. The molecule has 1 fully saturated rings. The Hall–Kier alpha value is -1.66. The summed E-state index contributed by atoms with van der Waals surface area (Å²) in [6, 6.07) is 0.926. The number of rotatable bonds is 3. The van der Waals surface area contributed by atoms with Crippen molar-refractivity contribution in [2.45, 2.75) is 13.0 Å². The second-order valence-corrected chi connectivity index (χ2v) is 4.75. The lowest BCUT2D eigenvalue weighted by Gasteiger charge is -2.34. The largest absolute Gasteiger partial charge is 0.377 e. The molecule has 0 aliphatic carbocycles. The van der Waals surface area contributed by atoms with Gasteiger partial charge < -0.3 is 15.0 Å². The molecule has 0 saturated carbocycles. The van der Waals surface area contributed by atoms with E-state index in [-0.39, 0.29) is 23.4 Å². The molecule has 1 aromatic heterocycles. The van der Waals surface area contributed by atoms with Crippen molar-refractivity contribution >= 4 is 23.4 Å². The molecule has 2 amide bonds. The Morgan fingerprint density at radius 1 is 1.60 bits per heavy atom. The number of nitrogens with one attached hydrogen (secondary N) is 1. The van der Waals surface area contributed by atoms with Crippen LogP contribution in [-0.4, -0.2) is 54.0 Å². The van der Waals surface area contributed by atoms with Crippen LogP contribution in [-0.2, 0) is 9.53 Å². The number of ether oxygens (including phenoxy) is 1. The van der Waals surface area contributed by atoms with E-state index in [0.717, 1.165) is 0 Å². The van der Waals surface area contributed by atoms with Gasteiger partial charge in [-0.2, -0.15) is 0 Å². The highest BCUT2D eigenvalue weighted by atomic mass is 35.5. The van der Waals surface area contributed by atoms with Gasteiger partial charge in [-0.25, -0.2) is 0 Å². The molecule has 2 heterocycles.